The number of carbonyl (C=O) groups is 2. The van der Waals surface area contributed by atoms with Gasteiger partial charge in [0.25, 0.3) is 11.7 Å². The molecule has 8 nitrogen and oxygen atoms in total. The fourth-order valence-electron chi connectivity index (χ4n) is 4.42. The Morgan fingerprint density at radius 1 is 1.09 bits per heavy atom. The quantitative estimate of drug-likeness (QED) is 0.360. The largest absolute Gasteiger partial charge is 0.507 e. The number of rotatable bonds is 8. The molecule has 0 radical (unpaired) electrons. The summed E-state index contributed by atoms with van der Waals surface area (Å²) in [5, 5.41) is 11.1. The number of ether oxygens (including phenoxy) is 2. The van der Waals surface area contributed by atoms with E-state index in [2.05, 4.69) is 4.90 Å². The SMILES string of the molecule is Cc1ccc(C2/C(=C(\O)c3ccc(OC(C)C)cc3)C(=O)C(=O)N2CCCN2CCOCC2)o1. The van der Waals surface area contributed by atoms with Gasteiger partial charge in [0.1, 0.15) is 29.1 Å². The van der Waals surface area contributed by atoms with Gasteiger partial charge in [0.2, 0.25) is 0 Å². The second-order valence-corrected chi connectivity index (χ2v) is 8.94. The minimum absolute atomic E-state index is 0.0180. The van der Waals surface area contributed by atoms with Crippen LogP contribution in [0.1, 0.15) is 43.4 Å². The normalized spacial score (nSPS) is 20.9. The van der Waals surface area contributed by atoms with E-state index in [1.165, 1.54) is 4.90 Å². The molecule has 0 spiro atoms. The molecule has 1 unspecified atom stereocenters. The lowest BCUT2D eigenvalue weighted by Crippen LogP contribution is -2.38. The number of likely N-dealkylation sites (tertiary alicyclic amines) is 1. The fraction of sp³-hybridized carbons (Fsp3) is 0.462. The first kappa shape index (κ1) is 24.0. The van der Waals surface area contributed by atoms with Crippen LogP contribution < -0.4 is 4.74 Å². The highest BCUT2D eigenvalue weighted by atomic mass is 16.5. The van der Waals surface area contributed by atoms with Crippen molar-refractivity contribution in [3.05, 3.63) is 59.1 Å². The molecule has 0 aliphatic carbocycles. The van der Waals surface area contributed by atoms with Gasteiger partial charge in [-0.1, -0.05) is 0 Å². The molecule has 0 bridgehead atoms. The van der Waals surface area contributed by atoms with Gasteiger partial charge in [-0.25, -0.2) is 0 Å². The van der Waals surface area contributed by atoms with Crippen molar-refractivity contribution in [2.24, 2.45) is 0 Å². The summed E-state index contributed by atoms with van der Waals surface area (Å²) in [4.78, 5) is 29.9. The summed E-state index contributed by atoms with van der Waals surface area (Å²) in [6, 6.07) is 9.62. The van der Waals surface area contributed by atoms with E-state index in [1.807, 2.05) is 20.8 Å². The molecule has 1 aromatic carbocycles. The number of hydrogen-bond acceptors (Lipinski definition) is 7. The second-order valence-electron chi connectivity index (χ2n) is 8.94. The maximum atomic E-state index is 13.1. The van der Waals surface area contributed by atoms with E-state index in [4.69, 9.17) is 13.9 Å². The van der Waals surface area contributed by atoms with Gasteiger partial charge in [-0.15, -0.1) is 0 Å². The molecule has 3 heterocycles. The Morgan fingerprint density at radius 2 is 1.79 bits per heavy atom. The maximum Gasteiger partial charge on any atom is 0.295 e. The van der Waals surface area contributed by atoms with E-state index in [-0.39, 0.29) is 17.4 Å². The molecule has 2 aromatic rings. The smallest absolute Gasteiger partial charge is 0.295 e. The molecule has 1 aromatic heterocycles. The van der Waals surface area contributed by atoms with E-state index in [0.29, 0.717) is 49.0 Å². The maximum absolute atomic E-state index is 13.1. The van der Waals surface area contributed by atoms with Crippen molar-refractivity contribution in [2.45, 2.75) is 39.3 Å². The highest BCUT2D eigenvalue weighted by Crippen LogP contribution is 2.40. The summed E-state index contributed by atoms with van der Waals surface area (Å²) < 4.78 is 16.9. The minimum Gasteiger partial charge on any atom is -0.507 e. The Bertz CT molecular complexity index is 1050. The lowest BCUT2D eigenvalue weighted by Gasteiger charge is -2.28. The minimum atomic E-state index is -0.773. The van der Waals surface area contributed by atoms with Crippen molar-refractivity contribution in [3.63, 3.8) is 0 Å². The van der Waals surface area contributed by atoms with Crippen LogP contribution in [0.3, 0.4) is 0 Å². The van der Waals surface area contributed by atoms with E-state index >= 15 is 0 Å². The first-order chi connectivity index (χ1) is 16.3. The van der Waals surface area contributed by atoms with Crippen LogP contribution >= 0.6 is 0 Å². The Morgan fingerprint density at radius 3 is 2.41 bits per heavy atom. The number of aliphatic hydroxyl groups is 1. The average molecular weight is 469 g/mol. The standard InChI is InChI=1S/C26H32N2O6/c1-17(2)33-20-8-6-19(7-9-20)24(29)22-23(21-10-5-18(3)34-21)28(26(31)25(22)30)12-4-11-27-13-15-32-16-14-27/h5-10,17,23,29H,4,11-16H2,1-3H3/b24-22+. The third kappa shape index (κ3) is 5.18. The monoisotopic (exact) mass is 468 g/mol. The Balaban J connectivity index is 1.62. The number of morpholine rings is 1. The molecule has 2 aliphatic heterocycles. The van der Waals surface area contributed by atoms with Crippen LogP contribution in [0.5, 0.6) is 5.75 Å². The van der Waals surface area contributed by atoms with Gasteiger partial charge in [-0.05, 0) is 63.6 Å². The number of furan rings is 1. The number of hydrogen-bond donors (Lipinski definition) is 1. The number of amides is 1. The average Bonchev–Trinajstić information content (AvgIpc) is 3.35. The number of aliphatic hydroxyl groups excluding tert-OH is 1. The van der Waals surface area contributed by atoms with Gasteiger partial charge in [-0.2, -0.15) is 0 Å². The molecule has 2 fully saturated rings. The number of nitrogens with zero attached hydrogens (tertiary/aromatic N) is 2. The van der Waals surface area contributed by atoms with Crippen LogP contribution in [0.4, 0.5) is 0 Å². The number of aryl methyl sites for hydroxylation is 1. The molecule has 182 valence electrons. The molecule has 2 aliphatic rings. The predicted molar refractivity (Wildman–Crippen MR) is 127 cm³/mol. The van der Waals surface area contributed by atoms with Crippen LogP contribution in [0.15, 0.2) is 46.4 Å². The Labute approximate surface area is 199 Å². The van der Waals surface area contributed by atoms with Gasteiger partial charge < -0.3 is 23.9 Å². The third-order valence-corrected chi connectivity index (χ3v) is 6.05. The van der Waals surface area contributed by atoms with Crippen molar-refractivity contribution in [3.8, 4) is 5.75 Å². The van der Waals surface area contributed by atoms with Crippen LogP contribution in [-0.4, -0.2) is 72.1 Å². The molecule has 4 rings (SSSR count). The first-order valence-electron chi connectivity index (χ1n) is 11.8. The van der Waals surface area contributed by atoms with Gasteiger partial charge >= 0.3 is 0 Å². The number of Topliss-reactive ketones (excluding diaryl/α,β-unsaturated/α-hetero) is 1. The first-order valence-corrected chi connectivity index (χ1v) is 11.8. The van der Waals surface area contributed by atoms with Crippen LogP contribution in [0.2, 0.25) is 0 Å². The summed E-state index contributed by atoms with van der Waals surface area (Å²) in [7, 11) is 0. The van der Waals surface area contributed by atoms with Gasteiger partial charge in [-0.3, -0.25) is 14.5 Å². The third-order valence-electron chi connectivity index (χ3n) is 6.05. The van der Waals surface area contributed by atoms with Crippen molar-refractivity contribution < 1.29 is 28.6 Å². The zero-order valence-corrected chi connectivity index (χ0v) is 20.0. The number of carbonyl (C=O) groups excluding carboxylic acids is 2. The van der Waals surface area contributed by atoms with Crippen molar-refractivity contribution in [2.75, 3.05) is 39.4 Å². The van der Waals surface area contributed by atoms with E-state index < -0.39 is 17.7 Å². The Hall–Kier alpha value is -3.10. The lowest BCUT2D eigenvalue weighted by molar-refractivity contribution is -0.140. The van der Waals surface area contributed by atoms with Gasteiger partial charge in [0.05, 0.1) is 24.9 Å². The zero-order valence-electron chi connectivity index (χ0n) is 20.0. The molecule has 34 heavy (non-hydrogen) atoms. The second kappa shape index (κ2) is 10.4. The van der Waals surface area contributed by atoms with Crippen molar-refractivity contribution in [1.82, 2.24) is 9.80 Å². The van der Waals surface area contributed by atoms with Crippen LogP contribution in [0.25, 0.3) is 5.76 Å². The Kier molecular flexibility index (Phi) is 7.38. The van der Waals surface area contributed by atoms with Gasteiger partial charge in [0.15, 0.2) is 0 Å². The van der Waals surface area contributed by atoms with E-state index in [9.17, 15) is 14.7 Å². The molecule has 2 saturated heterocycles. The van der Waals surface area contributed by atoms with Crippen molar-refractivity contribution >= 4 is 17.4 Å². The zero-order chi connectivity index (χ0) is 24.2. The highest BCUT2D eigenvalue weighted by molar-refractivity contribution is 6.46. The molecule has 1 atom stereocenters. The predicted octanol–water partition coefficient (Wildman–Crippen LogP) is 3.52. The summed E-state index contributed by atoms with van der Waals surface area (Å²) in [6.45, 7) is 9.97. The highest BCUT2D eigenvalue weighted by Gasteiger charge is 2.47. The summed E-state index contributed by atoms with van der Waals surface area (Å²) >= 11 is 0. The molecule has 8 heteroatoms. The van der Waals surface area contributed by atoms with Gasteiger partial charge in [0, 0.05) is 31.7 Å². The summed E-state index contributed by atoms with van der Waals surface area (Å²) in [5.41, 5.74) is 0.485. The molecule has 1 N–H and O–H groups in total. The lowest BCUT2D eigenvalue weighted by atomic mass is 9.99. The van der Waals surface area contributed by atoms with Crippen LogP contribution in [0, 0.1) is 6.92 Å². The topological polar surface area (TPSA) is 92.5 Å². The molecular formula is C26H32N2O6. The summed E-state index contributed by atoms with van der Waals surface area (Å²) in [6.07, 6.45) is 0.717. The number of benzene rings is 1. The molecule has 0 saturated carbocycles. The number of ketones is 1. The summed E-state index contributed by atoms with van der Waals surface area (Å²) in [5.74, 6) is 0.249. The molecular weight excluding hydrogens is 436 g/mol. The van der Waals surface area contributed by atoms with E-state index in [1.54, 1.807) is 36.4 Å². The van der Waals surface area contributed by atoms with E-state index in [0.717, 1.165) is 19.6 Å². The fourth-order valence-corrected chi connectivity index (χ4v) is 4.42. The van der Waals surface area contributed by atoms with Crippen LogP contribution in [-0.2, 0) is 14.3 Å². The van der Waals surface area contributed by atoms with Crippen molar-refractivity contribution in [1.29, 1.82) is 0 Å². The molecule has 1 amide bonds.